The maximum Gasteiger partial charge on any atom is 0.168 e. The maximum atomic E-state index is 5.39. The van der Waals surface area contributed by atoms with Crippen molar-refractivity contribution in [1.29, 1.82) is 0 Å². The first-order chi connectivity index (χ1) is 13.3. The monoisotopic (exact) mass is 357 g/mol. The first kappa shape index (κ1) is 15.8. The van der Waals surface area contributed by atoms with Gasteiger partial charge in [-0.25, -0.2) is 14.6 Å². The fourth-order valence-electron chi connectivity index (χ4n) is 3.68. The van der Waals surface area contributed by atoms with Gasteiger partial charge in [0.1, 0.15) is 17.9 Å². The van der Waals surface area contributed by atoms with Crippen LogP contribution in [0.2, 0.25) is 0 Å². The van der Waals surface area contributed by atoms with E-state index in [1.54, 1.807) is 13.4 Å². The van der Waals surface area contributed by atoms with Crippen LogP contribution >= 0.6 is 0 Å². The number of rotatable bonds is 3. The summed E-state index contributed by atoms with van der Waals surface area (Å²) in [6.07, 6.45) is 4.47. The number of hydrogen-bond acceptors (Lipinski definition) is 5. The number of fused-ring (bicyclic) bond motifs is 2. The Balaban J connectivity index is 1.55. The lowest BCUT2D eigenvalue weighted by Crippen LogP contribution is -2.31. The van der Waals surface area contributed by atoms with Gasteiger partial charge in [0.25, 0.3) is 0 Å². The van der Waals surface area contributed by atoms with Gasteiger partial charge in [0.2, 0.25) is 0 Å². The maximum absolute atomic E-state index is 5.39. The highest BCUT2D eigenvalue weighted by molar-refractivity contribution is 5.87. The van der Waals surface area contributed by atoms with Gasteiger partial charge in [-0.15, -0.1) is 0 Å². The van der Waals surface area contributed by atoms with E-state index in [4.69, 9.17) is 4.74 Å². The van der Waals surface area contributed by atoms with Crippen LogP contribution in [-0.4, -0.2) is 33.4 Å². The highest BCUT2D eigenvalue weighted by Crippen LogP contribution is 2.30. The van der Waals surface area contributed by atoms with E-state index in [0.717, 1.165) is 47.8 Å². The minimum absolute atomic E-state index is 0.801. The molecule has 2 aromatic heterocycles. The molecule has 6 heteroatoms. The van der Waals surface area contributed by atoms with E-state index in [1.807, 2.05) is 47.3 Å². The summed E-state index contributed by atoms with van der Waals surface area (Å²) in [4.78, 5) is 11.4. The Morgan fingerprint density at radius 3 is 2.74 bits per heavy atom. The fourth-order valence-corrected chi connectivity index (χ4v) is 3.68. The van der Waals surface area contributed by atoms with Gasteiger partial charge in [-0.2, -0.15) is 5.10 Å². The molecule has 4 aromatic rings. The summed E-state index contributed by atoms with van der Waals surface area (Å²) in [5, 5.41) is 5.53. The molecule has 1 aliphatic rings. The van der Waals surface area contributed by atoms with E-state index < -0.39 is 0 Å². The Morgan fingerprint density at radius 1 is 1.00 bits per heavy atom. The molecule has 0 atom stereocenters. The van der Waals surface area contributed by atoms with Crippen molar-refractivity contribution in [2.45, 2.75) is 13.0 Å². The van der Waals surface area contributed by atoms with Crippen LogP contribution in [0.25, 0.3) is 16.7 Å². The van der Waals surface area contributed by atoms with Crippen LogP contribution < -0.4 is 9.64 Å². The van der Waals surface area contributed by atoms with Crippen molar-refractivity contribution in [2.24, 2.45) is 0 Å². The van der Waals surface area contributed by atoms with E-state index in [-0.39, 0.29) is 0 Å². The van der Waals surface area contributed by atoms with Crippen molar-refractivity contribution in [3.63, 3.8) is 0 Å². The molecule has 0 aliphatic carbocycles. The molecule has 6 nitrogen and oxygen atoms in total. The third-order valence-corrected chi connectivity index (χ3v) is 5.07. The minimum atomic E-state index is 0.801. The zero-order valence-electron chi connectivity index (χ0n) is 15.0. The molecule has 0 amide bonds. The molecule has 2 aromatic carbocycles. The lowest BCUT2D eigenvalue weighted by atomic mass is 9.99. The molecular weight excluding hydrogens is 338 g/mol. The molecule has 27 heavy (non-hydrogen) atoms. The van der Waals surface area contributed by atoms with Crippen LogP contribution in [0.4, 0.5) is 5.82 Å². The second-order valence-electron chi connectivity index (χ2n) is 6.63. The molecule has 0 fully saturated rings. The lowest BCUT2D eigenvalue weighted by Gasteiger charge is -2.30. The van der Waals surface area contributed by atoms with E-state index in [1.165, 1.54) is 11.1 Å². The lowest BCUT2D eigenvalue weighted by molar-refractivity contribution is 0.413. The first-order valence-corrected chi connectivity index (χ1v) is 8.98. The summed E-state index contributed by atoms with van der Waals surface area (Å²) in [6.45, 7) is 1.72. The molecule has 134 valence electrons. The zero-order chi connectivity index (χ0) is 18.2. The van der Waals surface area contributed by atoms with E-state index in [9.17, 15) is 0 Å². The summed E-state index contributed by atoms with van der Waals surface area (Å²) in [5.74, 6) is 1.82. The number of methoxy groups -OCH3 is 1. The van der Waals surface area contributed by atoms with Crippen molar-refractivity contribution in [3.05, 3.63) is 72.2 Å². The average Bonchev–Trinajstić information content (AvgIpc) is 3.18. The quantitative estimate of drug-likeness (QED) is 0.563. The molecule has 5 rings (SSSR count). The standard InChI is InChI=1S/C21H19N5O/c1-27-18-8-7-15-9-10-25(13-16(15)11-18)20-19-12-24-26(21(19)23-14-22-20)17-5-3-2-4-6-17/h2-8,11-12,14H,9-10,13H2,1H3. The molecule has 0 unspecified atom stereocenters. The highest BCUT2D eigenvalue weighted by Gasteiger charge is 2.21. The van der Waals surface area contributed by atoms with Crippen molar-refractivity contribution in [1.82, 2.24) is 19.7 Å². The predicted molar refractivity (Wildman–Crippen MR) is 104 cm³/mol. The summed E-state index contributed by atoms with van der Waals surface area (Å²) >= 11 is 0. The Morgan fingerprint density at radius 2 is 1.89 bits per heavy atom. The molecule has 1 aliphatic heterocycles. The predicted octanol–water partition coefficient (Wildman–Crippen LogP) is 3.39. The van der Waals surface area contributed by atoms with Crippen molar-refractivity contribution in [2.75, 3.05) is 18.6 Å². The molecule has 0 N–H and O–H groups in total. The van der Waals surface area contributed by atoms with Gasteiger partial charge < -0.3 is 9.64 Å². The van der Waals surface area contributed by atoms with Crippen molar-refractivity contribution < 1.29 is 4.74 Å². The second kappa shape index (κ2) is 6.39. The van der Waals surface area contributed by atoms with Gasteiger partial charge in [-0.3, -0.25) is 0 Å². The van der Waals surface area contributed by atoms with Crippen molar-refractivity contribution >= 4 is 16.9 Å². The molecule has 0 bridgehead atoms. The first-order valence-electron chi connectivity index (χ1n) is 8.98. The normalized spacial score (nSPS) is 13.6. The number of para-hydroxylation sites is 1. The third-order valence-electron chi connectivity index (χ3n) is 5.07. The topological polar surface area (TPSA) is 56.1 Å². The molecule has 0 saturated carbocycles. The van der Waals surface area contributed by atoms with Crippen LogP contribution in [0, 0.1) is 0 Å². The molecule has 0 saturated heterocycles. The number of hydrogen-bond donors (Lipinski definition) is 0. The van der Waals surface area contributed by atoms with E-state index >= 15 is 0 Å². The summed E-state index contributed by atoms with van der Waals surface area (Å²) in [6, 6.07) is 16.4. The fraction of sp³-hybridized carbons (Fsp3) is 0.190. The Hall–Kier alpha value is -3.41. The van der Waals surface area contributed by atoms with E-state index in [0.29, 0.717) is 0 Å². The van der Waals surface area contributed by atoms with Gasteiger partial charge in [0, 0.05) is 13.1 Å². The number of aromatic nitrogens is 4. The van der Waals surface area contributed by atoms with Crippen LogP contribution in [0.3, 0.4) is 0 Å². The molecular formula is C21H19N5O. The van der Waals surface area contributed by atoms with Gasteiger partial charge in [-0.1, -0.05) is 24.3 Å². The highest BCUT2D eigenvalue weighted by atomic mass is 16.5. The Kier molecular flexibility index (Phi) is 3.74. The number of benzene rings is 2. The summed E-state index contributed by atoms with van der Waals surface area (Å²) in [5.41, 5.74) is 4.47. The summed E-state index contributed by atoms with van der Waals surface area (Å²) in [7, 11) is 1.70. The third kappa shape index (κ3) is 2.70. The van der Waals surface area contributed by atoms with Gasteiger partial charge >= 0.3 is 0 Å². The number of anilines is 1. The zero-order valence-corrected chi connectivity index (χ0v) is 15.0. The average molecular weight is 357 g/mol. The molecule has 0 radical (unpaired) electrons. The van der Waals surface area contributed by atoms with Crippen LogP contribution in [0.1, 0.15) is 11.1 Å². The second-order valence-corrected chi connectivity index (χ2v) is 6.63. The van der Waals surface area contributed by atoms with Crippen LogP contribution in [0.15, 0.2) is 61.1 Å². The largest absolute Gasteiger partial charge is 0.497 e. The molecule has 3 heterocycles. The Bertz CT molecular complexity index is 1110. The SMILES string of the molecule is COc1ccc2c(c1)CN(c1ncnc3c1cnn3-c1ccccc1)CC2. The Labute approximate surface area is 157 Å². The van der Waals surface area contributed by atoms with Crippen LogP contribution in [0.5, 0.6) is 5.75 Å². The summed E-state index contributed by atoms with van der Waals surface area (Å²) < 4.78 is 7.25. The number of nitrogens with zero attached hydrogens (tertiary/aromatic N) is 5. The van der Waals surface area contributed by atoms with E-state index in [2.05, 4.69) is 32.1 Å². The van der Waals surface area contributed by atoms with Crippen molar-refractivity contribution in [3.8, 4) is 11.4 Å². The van der Waals surface area contributed by atoms with Gasteiger partial charge in [0.15, 0.2) is 5.65 Å². The van der Waals surface area contributed by atoms with Gasteiger partial charge in [-0.05, 0) is 41.8 Å². The molecule has 0 spiro atoms. The minimum Gasteiger partial charge on any atom is -0.497 e. The van der Waals surface area contributed by atoms with Crippen LogP contribution in [-0.2, 0) is 13.0 Å². The smallest absolute Gasteiger partial charge is 0.168 e. The number of ether oxygens (including phenoxy) is 1. The van der Waals surface area contributed by atoms with Gasteiger partial charge in [0.05, 0.1) is 24.4 Å².